The van der Waals surface area contributed by atoms with E-state index in [1.165, 1.54) is 5.01 Å². The van der Waals surface area contributed by atoms with Crippen molar-refractivity contribution in [3.8, 4) is 5.75 Å². The number of phenolic OH excluding ortho intramolecular Hbond substituents is 1. The Labute approximate surface area is 255 Å². The van der Waals surface area contributed by atoms with Crippen molar-refractivity contribution in [3.05, 3.63) is 120 Å². The van der Waals surface area contributed by atoms with E-state index in [2.05, 4.69) is 11.9 Å². The fourth-order valence-electron chi connectivity index (χ4n) is 5.93. The first-order chi connectivity index (χ1) is 21.4. The molecule has 2 N–H and O–H groups in total. The molecule has 3 aromatic carbocycles. The van der Waals surface area contributed by atoms with E-state index in [0.717, 1.165) is 27.7 Å². The van der Waals surface area contributed by atoms with E-state index >= 15 is 0 Å². The summed E-state index contributed by atoms with van der Waals surface area (Å²) in [5.41, 5.74) is 3.32. The van der Waals surface area contributed by atoms with Crippen LogP contribution in [-0.4, -0.2) is 79.6 Å². The molecule has 0 radical (unpaired) electrons. The Hall–Kier alpha value is -5.22. The number of para-hydroxylation sites is 1. The van der Waals surface area contributed by atoms with Gasteiger partial charge in [0.2, 0.25) is 11.8 Å². The molecule has 3 heterocycles. The third kappa shape index (κ3) is 5.97. The van der Waals surface area contributed by atoms with Gasteiger partial charge in [-0.25, -0.2) is 4.79 Å². The second kappa shape index (κ2) is 12.6. The van der Waals surface area contributed by atoms with E-state index in [0.29, 0.717) is 6.54 Å². The standard InChI is InChI=1S/C34H34N6O4/c1-2-18-38(34(44)35-20-25-8-4-3-5-9-25)39-23-32(42)40-30(19-24-12-16-28(41)17-13-24)33(43)37(22-31(39)40)21-27-15-14-26-10-6-7-11-29(26)36-27/h2-17,30-31,41H,1,18-23H2,(H,35,44)/t30-,31+/m0/s1. The highest BCUT2D eigenvalue weighted by Gasteiger charge is 2.52. The molecule has 4 aromatic rings. The molecule has 2 aliphatic heterocycles. The zero-order valence-electron chi connectivity index (χ0n) is 24.3. The number of hydrogen-bond donors (Lipinski definition) is 2. The fourth-order valence-corrected chi connectivity index (χ4v) is 5.93. The molecule has 4 amide bonds. The summed E-state index contributed by atoms with van der Waals surface area (Å²) in [5, 5.41) is 17.0. The highest BCUT2D eigenvalue weighted by Crippen LogP contribution is 2.30. The number of urea groups is 1. The summed E-state index contributed by atoms with van der Waals surface area (Å²) in [6, 6.07) is 26.8. The second-order valence-corrected chi connectivity index (χ2v) is 11.0. The number of piperazine rings is 1. The van der Waals surface area contributed by atoms with Crippen molar-refractivity contribution in [1.29, 1.82) is 0 Å². The highest BCUT2D eigenvalue weighted by atomic mass is 16.3. The van der Waals surface area contributed by atoms with Crippen LogP contribution in [0.1, 0.15) is 16.8 Å². The van der Waals surface area contributed by atoms with E-state index < -0.39 is 12.2 Å². The van der Waals surface area contributed by atoms with E-state index in [4.69, 9.17) is 4.98 Å². The highest BCUT2D eigenvalue weighted by molar-refractivity contribution is 5.92. The van der Waals surface area contributed by atoms with Crippen LogP contribution in [0.15, 0.2) is 104 Å². The third-order valence-corrected chi connectivity index (χ3v) is 8.07. The summed E-state index contributed by atoms with van der Waals surface area (Å²) in [6.07, 6.45) is 1.30. The van der Waals surface area contributed by atoms with E-state index in [1.807, 2.05) is 66.7 Å². The first-order valence-corrected chi connectivity index (χ1v) is 14.6. The van der Waals surface area contributed by atoms with Crippen LogP contribution in [0.3, 0.4) is 0 Å². The Balaban J connectivity index is 1.30. The van der Waals surface area contributed by atoms with Crippen molar-refractivity contribution >= 4 is 28.7 Å². The molecular weight excluding hydrogens is 556 g/mol. The molecule has 1 aromatic heterocycles. The molecular formula is C34H34N6O4. The van der Waals surface area contributed by atoms with Gasteiger partial charge in [-0.05, 0) is 35.4 Å². The number of pyridine rings is 1. The largest absolute Gasteiger partial charge is 0.508 e. The number of aromatic nitrogens is 1. The number of nitrogens with zero attached hydrogens (tertiary/aromatic N) is 5. The maximum absolute atomic E-state index is 14.1. The minimum absolute atomic E-state index is 0.0569. The molecule has 224 valence electrons. The number of aromatic hydroxyl groups is 1. The summed E-state index contributed by atoms with van der Waals surface area (Å²) in [4.78, 5) is 49.3. The molecule has 0 saturated carbocycles. The van der Waals surface area contributed by atoms with Crippen molar-refractivity contribution in [2.45, 2.75) is 31.7 Å². The Bertz CT molecular complexity index is 1680. The number of amides is 4. The van der Waals surface area contributed by atoms with Gasteiger partial charge in [0.25, 0.3) is 0 Å². The van der Waals surface area contributed by atoms with Crippen LogP contribution in [0.25, 0.3) is 10.9 Å². The molecule has 2 saturated heterocycles. The number of carbonyl (C=O) groups excluding carboxylic acids is 3. The first-order valence-electron chi connectivity index (χ1n) is 14.6. The summed E-state index contributed by atoms with van der Waals surface area (Å²) in [7, 11) is 0. The number of carbonyl (C=O) groups is 3. The van der Waals surface area contributed by atoms with Crippen LogP contribution in [0, 0.1) is 0 Å². The van der Waals surface area contributed by atoms with Crippen LogP contribution in [-0.2, 0) is 29.1 Å². The molecule has 44 heavy (non-hydrogen) atoms. The molecule has 0 aliphatic carbocycles. The molecule has 2 fully saturated rings. The predicted octanol–water partition coefficient (Wildman–Crippen LogP) is 3.68. The quantitative estimate of drug-likeness (QED) is 0.288. The van der Waals surface area contributed by atoms with Crippen LogP contribution in [0.2, 0.25) is 0 Å². The van der Waals surface area contributed by atoms with Gasteiger partial charge >= 0.3 is 6.03 Å². The number of rotatable bonds is 9. The molecule has 10 nitrogen and oxygen atoms in total. The van der Waals surface area contributed by atoms with Gasteiger partial charge in [0.15, 0.2) is 0 Å². The van der Waals surface area contributed by atoms with E-state index in [1.54, 1.807) is 45.2 Å². The lowest BCUT2D eigenvalue weighted by atomic mass is 10.00. The van der Waals surface area contributed by atoms with Crippen molar-refractivity contribution < 1.29 is 19.5 Å². The van der Waals surface area contributed by atoms with Gasteiger partial charge in [-0.15, -0.1) is 6.58 Å². The molecule has 10 heteroatoms. The van der Waals surface area contributed by atoms with Gasteiger partial charge in [0.05, 0.1) is 37.4 Å². The van der Waals surface area contributed by atoms with Crippen molar-refractivity contribution in [2.24, 2.45) is 0 Å². The Morgan fingerprint density at radius 3 is 2.50 bits per heavy atom. The van der Waals surface area contributed by atoms with Crippen LogP contribution >= 0.6 is 0 Å². The topological polar surface area (TPSA) is 109 Å². The number of phenols is 1. The average Bonchev–Trinajstić information content (AvgIpc) is 3.37. The van der Waals surface area contributed by atoms with Crippen molar-refractivity contribution in [2.75, 3.05) is 19.6 Å². The monoisotopic (exact) mass is 590 g/mol. The van der Waals surface area contributed by atoms with Crippen LogP contribution < -0.4 is 5.32 Å². The van der Waals surface area contributed by atoms with Gasteiger partial charge < -0.3 is 20.2 Å². The van der Waals surface area contributed by atoms with Gasteiger partial charge in [-0.2, -0.15) is 5.01 Å². The molecule has 2 aliphatic rings. The number of hydrogen-bond acceptors (Lipinski definition) is 6. The maximum Gasteiger partial charge on any atom is 0.332 e. The van der Waals surface area contributed by atoms with Gasteiger partial charge in [0, 0.05) is 18.4 Å². The first kappa shape index (κ1) is 28.9. The lowest BCUT2D eigenvalue weighted by Gasteiger charge is -2.46. The second-order valence-electron chi connectivity index (χ2n) is 11.0. The summed E-state index contributed by atoms with van der Waals surface area (Å²) in [5.74, 6) is -0.306. The predicted molar refractivity (Wildman–Crippen MR) is 166 cm³/mol. The Morgan fingerprint density at radius 1 is 0.977 bits per heavy atom. The van der Waals surface area contributed by atoms with E-state index in [9.17, 15) is 19.5 Å². The number of fused-ring (bicyclic) bond motifs is 2. The van der Waals surface area contributed by atoms with Crippen molar-refractivity contribution in [1.82, 2.24) is 30.1 Å². The molecule has 0 spiro atoms. The minimum atomic E-state index is -0.797. The lowest BCUT2D eigenvalue weighted by Crippen LogP contribution is -2.66. The minimum Gasteiger partial charge on any atom is -0.508 e. The summed E-state index contributed by atoms with van der Waals surface area (Å²) in [6.45, 7) is 4.74. The van der Waals surface area contributed by atoms with Gasteiger partial charge in [-0.3, -0.25) is 19.6 Å². The van der Waals surface area contributed by atoms with E-state index in [-0.39, 0.29) is 56.2 Å². The SMILES string of the molecule is C=CCN(C(=O)NCc1ccccc1)N1CC(=O)N2[C@@H](Cc3ccc(O)cc3)C(=O)N(Cc3ccc4ccccc4n3)C[C@@H]21. The summed E-state index contributed by atoms with van der Waals surface area (Å²) < 4.78 is 0. The van der Waals surface area contributed by atoms with Gasteiger partial charge in [-0.1, -0.05) is 72.8 Å². The number of nitrogens with one attached hydrogen (secondary N) is 1. The van der Waals surface area contributed by atoms with Crippen LogP contribution in [0.4, 0.5) is 4.79 Å². The van der Waals surface area contributed by atoms with Gasteiger partial charge in [0.1, 0.15) is 18.0 Å². The van der Waals surface area contributed by atoms with Crippen LogP contribution in [0.5, 0.6) is 5.75 Å². The Morgan fingerprint density at radius 2 is 1.73 bits per heavy atom. The smallest absolute Gasteiger partial charge is 0.332 e. The van der Waals surface area contributed by atoms with Crippen molar-refractivity contribution in [3.63, 3.8) is 0 Å². The molecule has 0 unspecified atom stereocenters. The number of hydrazine groups is 1. The normalized spacial score (nSPS) is 18.4. The fraction of sp³-hybridized carbons (Fsp3) is 0.235. The molecule has 2 atom stereocenters. The number of benzene rings is 3. The maximum atomic E-state index is 14.1. The lowest BCUT2D eigenvalue weighted by molar-refractivity contribution is -0.157. The average molecular weight is 591 g/mol. The molecule has 0 bridgehead atoms. The third-order valence-electron chi connectivity index (χ3n) is 8.07. The zero-order valence-corrected chi connectivity index (χ0v) is 24.3. The Kier molecular flexibility index (Phi) is 8.25. The zero-order chi connectivity index (χ0) is 30.6. The molecule has 6 rings (SSSR count). The summed E-state index contributed by atoms with van der Waals surface area (Å²) >= 11 is 0.